The molecule has 0 spiro atoms. The second-order valence-electron chi connectivity index (χ2n) is 4.17. The average Bonchev–Trinajstić information content (AvgIpc) is 2.38. The minimum atomic E-state index is 0.370. The van der Waals surface area contributed by atoms with Gasteiger partial charge in [-0.25, -0.2) is 0 Å². The van der Waals surface area contributed by atoms with Crippen LogP contribution in [0.3, 0.4) is 0 Å². The molecule has 0 fully saturated rings. The Labute approximate surface area is 117 Å². The number of hydrogen-bond acceptors (Lipinski definition) is 3. The number of nitrogens with zero attached hydrogens (tertiary/aromatic N) is 1. The fraction of sp³-hybridized carbons (Fsp3) is 0.615. The van der Waals surface area contributed by atoms with Crippen LogP contribution in [-0.2, 0) is 6.54 Å². The highest BCUT2D eigenvalue weighted by Gasteiger charge is 2.23. The molecule has 0 aliphatic carbocycles. The molecule has 2 nitrogen and oxygen atoms in total. The fourth-order valence-corrected chi connectivity index (χ4v) is 2.85. The van der Waals surface area contributed by atoms with Crippen molar-refractivity contribution >= 4 is 27.7 Å². The zero-order valence-corrected chi connectivity index (χ0v) is 13.2. The normalized spacial score (nSPS) is 11.8. The average molecular weight is 317 g/mol. The van der Waals surface area contributed by atoms with Crippen molar-refractivity contribution in [3.63, 3.8) is 0 Å². The van der Waals surface area contributed by atoms with Crippen molar-refractivity contribution in [2.24, 2.45) is 0 Å². The molecule has 0 saturated carbocycles. The summed E-state index contributed by atoms with van der Waals surface area (Å²) in [6, 6.07) is 4.08. The Morgan fingerprint density at radius 1 is 1.35 bits per heavy atom. The number of thioether (sulfide) groups is 1. The largest absolute Gasteiger partial charge is 0.310 e. The first-order valence-corrected chi connectivity index (χ1v) is 8.04. The standard InChI is InChI=1S/C13H21BrN2S/c1-4-13(5-2,17-3)10-15-9-12-7-6-11(14)8-16-12/h6-8,15H,4-5,9-10H2,1-3H3. The van der Waals surface area contributed by atoms with Crippen LogP contribution in [0.1, 0.15) is 32.4 Å². The zero-order valence-electron chi connectivity index (χ0n) is 10.8. The lowest BCUT2D eigenvalue weighted by atomic mass is 10.0. The molecular formula is C13H21BrN2S. The first-order valence-electron chi connectivity index (χ1n) is 6.02. The summed E-state index contributed by atoms with van der Waals surface area (Å²) in [5.74, 6) is 0. The summed E-state index contributed by atoms with van der Waals surface area (Å²) in [5.41, 5.74) is 1.09. The Kier molecular flexibility index (Phi) is 6.52. The number of halogens is 1. The van der Waals surface area contributed by atoms with Crippen LogP contribution in [-0.4, -0.2) is 22.5 Å². The summed E-state index contributed by atoms with van der Waals surface area (Å²) < 4.78 is 1.40. The van der Waals surface area contributed by atoms with E-state index in [1.165, 1.54) is 12.8 Å². The van der Waals surface area contributed by atoms with Crippen molar-refractivity contribution in [2.45, 2.75) is 38.0 Å². The molecule has 4 heteroatoms. The summed E-state index contributed by atoms with van der Waals surface area (Å²) in [5, 5.41) is 3.52. The van der Waals surface area contributed by atoms with E-state index in [-0.39, 0.29) is 0 Å². The van der Waals surface area contributed by atoms with Gasteiger partial charge in [0.25, 0.3) is 0 Å². The minimum absolute atomic E-state index is 0.370. The Bertz CT molecular complexity index is 314. The smallest absolute Gasteiger partial charge is 0.0542 e. The van der Waals surface area contributed by atoms with Gasteiger partial charge in [0.2, 0.25) is 0 Å². The van der Waals surface area contributed by atoms with Gasteiger partial charge in [-0.2, -0.15) is 11.8 Å². The second-order valence-corrected chi connectivity index (χ2v) is 6.36. The Morgan fingerprint density at radius 3 is 2.53 bits per heavy atom. The summed E-state index contributed by atoms with van der Waals surface area (Å²) in [4.78, 5) is 4.36. The van der Waals surface area contributed by atoms with Crippen molar-refractivity contribution < 1.29 is 0 Å². The Hall–Kier alpha value is -0.0600. The van der Waals surface area contributed by atoms with E-state index in [9.17, 15) is 0 Å². The molecule has 0 aliphatic rings. The predicted molar refractivity (Wildman–Crippen MR) is 80.5 cm³/mol. The maximum Gasteiger partial charge on any atom is 0.0542 e. The van der Waals surface area contributed by atoms with Crippen molar-refractivity contribution in [1.29, 1.82) is 0 Å². The molecule has 0 bridgehead atoms. The topological polar surface area (TPSA) is 24.9 Å². The maximum absolute atomic E-state index is 4.36. The molecule has 0 unspecified atom stereocenters. The van der Waals surface area contributed by atoms with Crippen molar-refractivity contribution in [2.75, 3.05) is 12.8 Å². The van der Waals surface area contributed by atoms with Crippen molar-refractivity contribution in [3.8, 4) is 0 Å². The lowest BCUT2D eigenvalue weighted by Gasteiger charge is -2.29. The third-order valence-electron chi connectivity index (χ3n) is 3.26. The molecule has 1 rings (SSSR count). The van der Waals surface area contributed by atoms with Crippen LogP contribution < -0.4 is 5.32 Å². The van der Waals surface area contributed by atoms with Crippen molar-refractivity contribution in [1.82, 2.24) is 10.3 Å². The molecule has 96 valence electrons. The molecule has 1 N–H and O–H groups in total. The highest BCUT2D eigenvalue weighted by molar-refractivity contribution is 9.10. The molecular weight excluding hydrogens is 296 g/mol. The Balaban J connectivity index is 2.43. The van der Waals surface area contributed by atoms with Crippen LogP contribution in [0.2, 0.25) is 0 Å². The molecule has 1 aromatic heterocycles. The zero-order chi connectivity index (χ0) is 12.7. The van der Waals surface area contributed by atoms with E-state index < -0.39 is 0 Å². The monoisotopic (exact) mass is 316 g/mol. The number of hydrogen-bond donors (Lipinski definition) is 1. The SMILES string of the molecule is CCC(CC)(CNCc1ccc(Br)cn1)SC. The number of pyridine rings is 1. The van der Waals surface area contributed by atoms with Gasteiger partial charge in [-0.05, 0) is 47.2 Å². The van der Waals surface area contributed by atoms with Gasteiger partial charge in [-0.1, -0.05) is 13.8 Å². The van der Waals surface area contributed by atoms with Gasteiger partial charge in [0.1, 0.15) is 0 Å². The highest BCUT2D eigenvalue weighted by atomic mass is 79.9. The van der Waals surface area contributed by atoms with Crippen LogP contribution >= 0.6 is 27.7 Å². The summed E-state index contributed by atoms with van der Waals surface area (Å²) in [7, 11) is 0. The van der Waals surface area contributed by atoms with Crippen LogP contribution in [0, 0.1) is 0 Å². The molecule has 0 radical (unpaired) electrons. The molecule has 0 atom stereocenters. The molecule has 0 saturated heterocycles. The number of nitrogens with one attached hydrogen (secondary N) is 1. The van der Waals surface area contributed by atoms with E-state index in [0.717, 1.165) is 23.3 Å². The summed E-state index contributed by atoms with van der Waals surface area (Å²) in [6.07, 6.45) is 6.45. The molecule has 1 aromatic rings. The third kappa shape index (κ3) is 4.60. The quantitative estimate of drug-likeness (QED) is 0.827. The second kappa shape index (κ2) is 7.39. The van der Waals surface area contributed by atoms with Gasteiger partial charge in [-0.15, -0.1) is 0 Å². The van der Waals surface area contributed by atoms with Gasteiger partial charge >= 0.3 is 0 Å². The molecule has 17 heavy (non-hydrogen) atoms. The predicted octanol–water partition coefficient (Wildman–Crippen LogP) is 3.86. The van der Waals surface area contributed by atoms with Gasteiger partial charge in [0.05, 0.1) is 5.69 Å². The summed E-state index contributed by atoms with van der Waals surface area (Å²) in [6.45, 7) is 6.41. The van der Waals surface area contributed by atoms with Gasteiger partial charge < -0.3 is 5.32 Å². The molecule has 0 amide bonds. The first-order chi connectivity index (χ1) is 8.15. The summed E-state index contributed by atoms with van der Waals surface area (Å²) >= 11 is 5.36. The van der Waals surface area contributed by atoms with Gasteiger partial charge in [-0.3, -0.25) is 4.98 Å². The fourth-order valence-electron chi connectivity index (χ4n) is 1.79. The lowest BCUT2D eigenvalue weighted by Crippen LogP contribution is -2.36. The maximum atomic E-state index is 4.36. The molecule has 1 heterocycles. The van der Waals surface area contributed by atoms with E-state index in [4.69, 9.17) is 0 Å². The van der Waals surface area contributed by atoms with Crippen LogP contribution in [0.4, 0.5) is 0 Å². The van der Waals surface area contributed by atoms with Crippen LogP contribution in [0.5, 0.6) is 0 Å². The van der Waals surface area contributed by atoms with Gasteiger partial charge in [0, 0.05) is 28.5 Å². The van der Waals surface area contributed by atoms with E-state index in [0.29, 0.717) is 4.75 Å². The van der Waals surface area contributed by atoms with E-state index >= 15 is 0 Å². The van der Waals surface area contributed by atoms with E-state index in [1.807, 2.05) is 24.0 Å². The number of rotatable bonds is 7. The van der Waals surface area contributed by atoms with E-state index in [2.05, 4.69) is 52.4 Å². The lowest BCUT2D eigenvalue weighted by molar-refractivity contribution is 0.493. The highest BCUT2D eigenvalue weighted by Crippen LogP contribution is 2.29. The van der Waals surface area contributed by atoms with Crippen LogP contribution in [0.25, 0.3) is 0 Å². The third-order valence-corrected chi connectivity index (χ3v) is 5.32. The number of aromatic nitrogens is 1. The minimum Gasteiger partial charge on any atom is -0.310 e. The van der Waals surface area contributed by atoms with Crippen molar-refractivity contribution in [3.05, 3.63) is 28.5 Å². The first kappa shape index (κ1) is 15.0. The van der Waals surface area contributed by atoms with E-state index in [1.54, 1.807) is 0 Å². The van der Waals surface area contributed by atoms with Gasteiger partial charge in [0.15, 0.2) is 0 Å². The Morgan fingerprint density at radius 2 is 2.06 bits per heavy atom. The van der Waals surface area contributed by atoms with Crippen LogP contribution in [0.15, 0.2) is 22.8 Å². The molecule has 0 aromatic carbocycles. The molecule has 0 aliphatic heterocycles.